The van der Waals surface area contributed by atoms with Crippen molar-refractivity contribution < 1.29 is 19.2 Å². The largest absolute Gasteiger partial charge is 0.340 e. The average Bonchev–Trinajstić information content (AvgIpc) is 3.24. The number of amides is 4. The Morgan fingerprint density at radius 3 is 1.49 bits per heavy atom. The molecule has 0 radical (unpaired) electrons. The molecule has 9 nitrogen and oxygen atoms in total. The zero-order valence-corrected chi connectivity index (χ0v) is 29.5. The molecule has 55 heavy (non-hydrogen) atoms. The van der Waals surface area contributed by atoms with Gasteiger partial charge in [-0.15, -0.1) is 6.42 Å². The molecule has 0 aliphatic carbocycles. The molecule has 4 N–H and O–H groups in total. The molecule has 0 aliphatic rings. The lowest BCUT2D eigenvalue weighted by Crippen LogP contribution is -2.52. The molecular formula is C46H35N5O4. The number of nitriles is 1. The molecule has 0 heterocycles. The van der Waals surface area contributed by atoms with Gasteiger partial charge in [0, 0.05) is 28.1 Å². The van der Waals surface area contributed by atoms with Gasteiger partial charge >= 0.3 is 0 Å². The number of nitrogens with one attached hydrogen (secondary N) is 4. The number of carbonyl (C=O) groups is 4. The van der Waals surface area contributed by atoms with Crippen LogP contribution in [0.4, 0.5) is 11.4 Å². The summed E-state index contributed by atoms with van der Waals surface area (Å²) < 4.78 is 0. The molecule has 6 aromatic carbocycles. The van der Waals surface area contributed by atoms with Crippen molar-refractivity contribution in [2.75, 3.05) is 10.6 Å². The van der Waals surface area contributed by atoms with E-state index in [0.717, 1.165) is 16.7 Å². The van der Waals surface area contributed by atoms with Crippen molar-refractivity contribution in [2.45, 2.75) is 18.0 Å². The first-order valence-electron chi connectivity index (χ1n) is 17.4. The first-order valence-corrected chi connectivity index (χ1v) is 17.4. The maximum atomic E-state index is 14.3. The quantitative estimate of drug-likeness (QED) is 0.0794. The van der Waals surface area contributed by atoms with Gasteiger partial charge in [0.1, 0.15) is 11.6 Å². The third-order valence-corrected chi connectivity index (χ3v) is 8.96. The van der Waals surface area contributed by atoms with Gasteiger partial charge in [-0.1, -0.05) is 96.9 Å². The monoisotopic (exact) mass is 721 g/mol. The summed E-state index contributed by atoms with van der Waals surface area (Å²) in [5.41, 5.74) is 3.71. The Kier molecular flexibility index (Phi) is 11.6. The van der Waals surface area contributed by atoms with E-state index in [1.807, 2.05) is 97.1 Å². The number of terminal acetylenes is 1. The van der Waals surface area contributed by atoms with E-state index in [1.165, 1.54) is 12.1 Å². The predicted octanol–water partition coefficient (Wildman–Crippen LogP) is 7.03. The highest BCUT2D eigenvalue weighted by Gasteiger charge is 2.39. The predicted molar refractivity (Wildman–Crippen MR) is 212 cm³/mol. The van der Waals surface area contributed by atoms with Gasteiger partial charge in [-0.05, 0) is 89.5 Å². The lowest BCUT2D eigenvalue weighted by atomic mass is 9.77. The highest BCUT2D eigenvalue weighted by atomic mass is 16.2. The fourth-order valence-electron chi connectivity index (χ4n) is 6.16. The van der Waals surface area contributed by atoms with Crippen molar-refractivity contribution >= 4 is 35.0 Å². The van der Waals surface area contributed by atoms with Gasteiger partial charge in [0.2, 0.25) is 11.8 Å². The van der Waals surface area contributed by atoms with Crippen molar-refractivity contribution in [2.24, 2.45) is 0 Å². The number of carbonyl (C=O) groups excluding carboxylic acids is 4. The van der Waals surface area contributed by atoms with Crippen LogP contribution >= 0.6 is 0 Å². The number of nitrogens with zero attached hydrogens (tertiary/aromatic N) is 1. The molecule has 1 unspecified atom stereocenters. The Morgan fingerprint density at radius 2 is 1.00 bits per heavy atom. The standard InChI is InChI=1S/C46H35N5O4/c1-2-32-20-26-39(27-21-32)49-45(55)41(50-44(54)35-24-28-40(29-25-35)48-43(53)34-22-18-33(31-47)19-23-34)30-42(52)51-46(36-12-6-3-7-13-36,37-14-8-4-9-15-37)38-16-10-5-11-17-38/h1,3-29,41H,30H2,(H,48,53)(H,49,55)(H,50,54)(H,51,52). The molecule has 0 saturated heterocycles. The molecule has 0 fully saturated rings. The minimum Gasteiger partial charge on any atom is -0.340 e. The second-order valence-corrected chi connectivity index (χ2v) is 12.6. The van der Waals surface area contributed by atoms with Crippen molar-refractivity contribution in [3.63, 3.8) is 0 Å². The molecule has 6 aromatic rings. The second kappa shape index (κ2) is 17.2. The molecule has 4 amide bonds. The van der Waals surface area contributed by atoms with Crippen LogP contribution in [0.25, 0.3) is 0 Å². The molecule has 0 saturated carbocycles. The molecule has 0 bridgehead atoms. The van der Waals surface area contributed by atoms with E-state index in [0.29, 0.717) is 28.1 Å². The number of benzene rings is 6. The van der Waals surface area contributed by atoms with E-state index in [2.05, 4.69) is 27.2 Å². The van der Waals surface area contributed by atoms with E-state index >= 15 is 0 Å². The second-order valence-electron chi connectivity index (χ2n) is 12.6. The summed E-state index contributed by atoms with van der Waals surface area (Å²) in [4.78, 5) is 54.6. The van der Waals surface area contributed by atoms with E-state index in [9.17, 15) is 19.2 Å². The highest BCUT2D eigenvalue weighted by Crippen LogP contribution is 2.37. The van der Waals surface area contributed by atoms with Gasteiger partial charge in [-0.25, -0.2) is 0 Å². The van der Waals surface area contributed by atoms with E-state index in [4.69, 9.17) is 11.7 Å². The van der Waals surface area contributed by atoms with Gasteiger partial charge in [-0.3, -0.25) is 19.2 Å². The van der Waals surface area contributed by atoms with Crippen LogP contribution < -0.4 is 21.3 Å². The summed E-state index contributed by atoms with van der Waals surface area (Å²) in [6.45, 7) is 0. The van der Waals surface area contributed by atoms with Crippen molar-refractivity contribution in [3.05, 3.63) is 203 Å². The van der Waals surface area contributed by atoms with Crippen LogP contribution in [0.2, 0.25) is 0 Å². The van der Waals surface area contributed by atoms with Crippen molar-refractivity contribution in [1.82, 2.24) is 10.6 Å². The first-order chi connectivity index (χ1) is 26.8. The first kappa shape index (κ1) is 37.0. The summed E-state index contributed by atoms with van der Waals surface area (Å²) in [7, 11) is 0. The smallest absolute Gasteiger partial charge is 0.255 e. The van der Waals surface area contributed by atoms with Gasteiger partial charge in [0.25, 0.3) is 11.8 Å². The van der Waals surface area contributed by atoms with Crippen LogP contribution in [-0.2, 0) is 15.1 Å². The molecular weight excluding hydrogens is 687 g/mol. The average molecular weight is 722 g/mol. The fourth-order valence-corrected chi connectivity index (χ4v) is 6.16. The topological polar surface area (TPSA) is 140 Å². The zero-order chi connectivity index (χ0) is 38.6. The Balaban J connectivity index is 1.26. The van der Waals surface area contributed by atoms with E-state index < -0.39 is 41.6 Å². The highest BCUT2D eigenvalue weighted by molar-refractivity contribution is 6.05. The number of hydrogen-bond acceptors (Lipinski definition) is 5. The Bertz CT molecular complexity index is 2270. The Hall–Kier alpha value is -7.75. The van der Waals surface area contributed by atoms with Crippen molar-refractivity contribution in [3.8, 4) is 18.4 Å². The fraction of sp³-hybridized carbons (Fsp3) is 0.0652. The Labute approximate surface area is 319 Å². The third kappa shape index (κ3) is 8.83. The molecule has 9 heteroatoms. The van der Waals surface area contributed by atoms with Gasteiger partial charge in [0.15, 0.2) is 0 Å². The van der Waals surface area contributed by atoms with Gasteiger partial charge in [-0.2, -0.15) is 5.26 Å². The van der Waals surface area contributed by atoms with Crippen molar-refractivity contribution in [1.29, 1.82) is 5.26 Å². The molecule has 6 rings (SSSR count). The van der Waals surface area contributed by atoms with Gasteiger partial charge in [0.05, 0.1) is 18.1 Å². The number of rotatable bonds is 12. The minimum absolute atomic E-state index is 0.195. The maximum Gasteiger partial charge on any atom is 0.255 e. The van der Waals surface area contributed by atoms with Crippen LogP contribution in [-0.4, -0.2) is 29.7 Å². The summed E-state index contributed by atoms with van der Waals surface area (Å²) in [5, 5.41) is 20.6. The van der Waals surface area contributed by atoms with Crippen LogP contribution in [0.1, 0.15) is 55.0 Å². The molecule has 268 valence electrons. The SMILES string of the molecule is C#Cc1ccc(NC(=O)C(CC(=O)NC(c2ccccc2)(c2ccccc2)c2ccccc2)NC(=O)c2ccc(NC(=O)c3ccc(C#N)cc3)cc2)cc1. The van der Waals surface area contributed by atoms with E-state index in [-0.39, 0.29) is 5.56 Å². The molecule has 1 atom stereocenters. The summed E-state index contributed by atoms with van der Waals surface area (Å²) in [6.07, 6.45) is 5.09. The normalized spacial score (nSPS) is 11.2. The zero-order valence-electron chi connectivity index (χ0n) is 29.5. The minimum atomic E-state index is -1.31. The lowest BCUT2D eigenvalue weighted by molar-refractivity contribution is -0.126. The number of hydrogen-bond donors (Lipinski definition) is 4. The number of anilines is 2. The Morgan fingerprint density at radius 1 is 0.564 bits per heavy atom. The van der Waals surface area contributed by atoms with Gasteiger partial charge < -0.3 is 21.3 Å². The molecule has 0 spiro atoms. The lowest BCUT2D eigenvalue weighted by Gasteiger charge is -2.37. The summed E-state index contributed by atoms with van der Waals surface area (Å²) >= 11 is 0. The maximum absolute atomic E-state index is 14.3. The molecule has 0 aromatic heterocycles. The molecule has 0 aliphatic heterocycles. The summed E-state index contributed by atoms with van der Waals surface area (Å²) in [5.74, 6) is 0.414. The van der Waals surface area contributed by atoms with Crippen LogP contribution in [0.5, 0.6) is 0 Å². The summed E-state index contributed by atoms with van der Waals surface area (Å²) in [6, 6.07) is 48.3. The van der Waals surface area contributed by atoms with Crippen LogP contribution in [0, 0.1) is 23.7 Å². The van der Waals surface area contributed by atoms with E-state index in [1.54, 1.807) is 60.7 Å². The van der Waals surface area contributed by atoms with Crippen LogP contribution in [0.15, 0.2) is 164 Å². The third-order valence-electron chi connectivity index (χ3n) is 8.96. The van der Waals surface area contributed by atoms with Crippen LogP contribution in [0.3, 0.4) is 0 Å².